The molecule has 0 radical (unpaired) electrons. The summed E-state index contributed by atoms with van der Waals surface area (Å²) in [5.41, 5.74) is 2.85. The largest absolute Gasteiger partial charge is 0.439 e. The van der Waals surface area contributed by atoms with Crippen LogP contribution in [0.1, 0.15) is 56.0 Å². The normalized spacial score (nSPS) is 19.2. The molecule has 0 saturated carbocycles. The summed E-state index contributed by atoms with van der Waals surface area (Å²) in [5, 5.41) is 24.4. The highest BCUT2D eigenvalue weighted by Crippen LogP contribution is 2.36. The molecule has 0 heterocycles. The molecule has 0 saturated heterocycles. The quantitative estimate of drug-likeness (QED) is 0.360. The predicted octanol–water partition coefficient (Wildman–Crippen LogP) is 4.24. The first-order chi connectivity index (χ1) is 14.3. The van der Waals surface area contributed by atoms with Crippen molar-refractivity contribution in [2.75, 3.05) is 13.1 Å². The maximum Gasteiger partial charge on any atom is 0.434 e. The maximum atomic E-state index is 12.4. The first-order valence-corrected chi connectivity index (χ1v) is 10.5. The molecule has 3 unspecified atom stereocenters. The zero-order valence-corrected chi connectivity index (χ0v) is 17.9. The third-order valence-electron chi connectivity index (χ3n) is 5.43. The van der Waals surface area contributed by atoms with Gasteiger partial charge >= 0.3 is 6.09 Å². The van der Waals surface area contributed by atoms with Crippen LogP contribution in [-0.2, 0) is 11.2 Å². The Labute approximate surface area is 178 Å². The van der Waals surface area contributed by atoms with Crippen LogP contribution in [-0.4, -0.2) is 40.7 Å². The third kappa shape index (κ3) is 5.39. The first kappa shape index (κ1) is 22.3. The minimum atomic E-state index is -0.759. The number of carbonyl (C=O) groups excluding carboxylic acids is 1. The Morgan fingerprint density at radius 2 is 1.83 bits per heavy atom. The number of nitrogens with one attached hydrogen (secondary N) is 1. The van der Waals surface area contributed by atoms with Gasteiger partial charge in [-0.25, -0.2) is 4.79 Å². The molecule has 6 nitrogen and oxygen atoms in total. The number of nitrogens with zero attached hydrogens (tertiary/aromatic N) is 1. The molecule has 0 aliphatic heterocycles. The van der Waals surface area contributed by atoms with Gasteiger partial charge in [-0.3, -0.25) is 5.21 Å². The van der Waals surface area contributed by atoms with E-state index in [9.17, 15) is 15.1 Å². The molecule has 1 aliphatic rings. The smallest absolute Gasteiger partial charge is 0.434 e. The molecule has 1 amide bonds. The van der Waals surface area contributed by atoms with Gasteiger partial charge in [0, 0.05) is 11.8 Å². The molecule has 30 heavy (non-hydrogen) atoms. The summed E-state index contributed by atoms with van der Waals surface area (Å²) in [6, 6.07) is 17.4. The van der Waals surface area contributed by atoms with Crippen molar-refractivity contribution in [2.45, 2.75) is 51.9 Å². The average Bonchev–Trinajstić information content (AvgIpc) is 3.04. The maximum absolute atomic E-state index is 12.4. The molecule has 3 N–H and O–H groups in total. The fourth-order valence-corrected chi connectivity index (χ4v) is 3.93. The number of benzene rings is 2. The number of aliphatic hydroxyl groups excluding tert-OH is 1. The van der Waals surface area contributed by atoms with Crippen molar-refractivity contribution in [2.24, 2.45) is 5.41 Å². The standard InChI is InChI=1S/C24H32N2O4/c1-24(2,3)22(17-10-5-4-6-11-17)30-23(28)26(29)15-9-14-25-21-19-13-8-7-12-18(19)16-20(21)27/h4-8,10-13,20-22,25,27,29H,9,14-16H2,1-3H3. The van der Waals surface area contributed by atoms with Crippen LogP contribution in [0, 0.1) is 5.41 Å². The highest BCUT2D eigenvalue weighted by atomic mass is 16.6. The molecule has 2 aromatic carbocycles. The van der Waals surface area contributed by atoms with Crippen LogP contribution in [0.3, 0.4) is 0 Å². The van der Waals surface area contributed by atoms with Gasteiger partial charge in [-0.15, -0.1) is 0 Å². The summed E-state index contributed by atoms with van der Waals surface area (Å²) in [7, 11) is 0. The summed E-state index contributed by atoms with van der Waals surface area (Å²) < 4.78 is 5.63. The highest BCUT2D eigenvalue weighted by molar-refractivity contribution is 5.66. The van der Waals surface area contributed by atoms with Crippen molar-refractivity contribution < 1.29 is 19.8 Å². The predicted molar refractivity (Wildman–Crippen MR) is 115 cm³/mol. The molecule has 2 aromatic rings. The molecule has 6 heteroatoms. The van der Waals surface area contributed by atoms with Crippen LogP contribution in [0.25, 0.3) is 0 Å². The van der Waals surface area contributed by atoms with Gasteiger partial charge in [0.15, 0.2) is 0 Å². The molecule has 0 aromatic heterocycles. The molecule has 3 atom stereocenters. The van der Waals surface area contributed by atoms with Gasteiger partial charge < -0.3 is 15.2 Å². The number of ether oxygens (including phenoxy) is 1. The van der Waals surface area contributed by atoms with E-state index < -0.39 is 18.3 Å². The summed E-state index contributed by atoms with van der Waals surface area (Å²) in [6.45, 7) is 6.68. The topological polar surface area (TPSA) is 82.0 Å². The van der Waals surface area contributed by atoms with Gasteiger partial charge in [-0.2, -0.15) is 5.06 Å². The van der Waals surface area contributed by atoms with Crippen LogP contribution in [0.15, 0.2) is 54.6 Å². The molecule has 162 valence electrons. The summed E-state index contributed by atoms with van der Waals surface area (Å²) in [4.78, 5) is 12.4. The van der Waals surface area contributed by atoms with Gasteiger partial charge in [0.05, 0.1) is 18.7 Å². The molecule has 0 spiro atoms. The Kier molecular flexibility index (Phi) is 7.13. The van der Waals surface area contributed by atoms with E-state index >= 15 is 0 Å². The zero-order chi connectivity index (χ0) is 21.7. The SMILES string of the molecule is CC(C)(C)C(OC(=O)N(O)CCCNC1c2ccccc2CC1O)c1ccccc1. The third-order valence-corrected chi connectivity index (χ3v) is 5.43. The van der Waals surface area contributed by atoms with E-state index in [-0.39, 0.29) is 18.0 Å². The van der Waals surface area contributed by atoms with E-state index in [4.69, 9.17) is 4.74 Å². The second-order valence-electron chi connectivity index (χ2n) is 8.92. The highest BCUT2D eigenvalue weighted by Gasteiger charge is 2.32. The van der Waals surface area contributed by atoms with E-state index in [1.165, 1.54) is 0 Å². The second kappa shape index (κ2) is 9.60. The van der Waals surface area contributed by atoms with Crippen molar-refractivity contribution in [3.05, 3.63) is 71.3 Å². The monoisotopic (exact) mass is 412 g/mol. The van der Waals surface area contributed by atoms with Crippen LogP contribution in [0.2, 0.25) is 0 Å². The fourth-order valence-electron chi connectivity index (χ4n) is 3.93. The number of aliphatic hydroxyl groups is 1. The van der Waals surface area contributed by atoms with Gasteiger partial charge in [0.1, 0.15) is 6.10 Å². The van der Waals surface area contributed by atoms with E-state index in [1.807, 2.05) is 75.4 Å². The van der Waals surface area contributed by atoms with Gasteiger partial charge in [0.25, 0.3) is 0 Å². The van der Waals surface area contributed by atoms with E-state index in [2.05, 4.69) is 5.32 Å². The Balaban J connectivity index is 1.49. The average molecular weight is 413 g/mol. The van der Waals surface area contributed by atoms with E-state index in [0.717, 1.165) is 16.7 Å². The number of hydroxylamine groups is 2. The van der Waals surface area contributed by atoms with Crippen LogP contribution < -0.4 is 5.32 Å². The lowest BCUT2D eigenvalue weighted by molar-refractivity contribution is -0.0960. The minimum absolute atomic E-state index is 0.122. The number of fused-ring (bicyclic) bond motifs is 1. The van der Waals surface area contributed by atoms with Crippen molar-refractivity contribution in [3.8, 4) is 0 Å². The molecular formula is C24H32N2O4. The molecular weight excluding hydrogens is 380 g/mol. The van der Waals surface area contributed by atoms with Crippen molar-refractivity contribution >= 4 is 6.09 Å². The van der Waals surface area contributed by atoms with E-state index in [0.29, 0.717) is 24.4 Å². The van der Waals surface area contributed by atoms with Gasteiger partial charge in [-0.1, -0.05) is 75.4 Å². The number of amides is 1. The molecule has 0 bridgehead atoms. The Morgan fingerprint density at radius 3 is 2.53 bits per heavy atom. The summed E-state index contributed by atoms with van der Waals surface area (Å²) >= 11 is 0. The zero-order valence-electron chi connectivity index (χ0n) is 17.9. The van der Waals surface area contributed by atoms with Crippen molar-refractivity contribution in [1.82, 2.24) is 10.4 Å². The number of rotatable bonds is 7. The van der Waals surface area contributed by atoms with Crippen LogP contribution >= 0.6 is 0 Å². The van der Waals surface area contributed by atoms with E-state index in [1.54, 1.807) is 0 Å². The molecule has 0 fully saturated rings. The minimum Gasteiger partial charge on any atom is -0.439 e. The molecule has 3 rings (SSSR count). The second-order valence-corrected chi connectivity index (χ2v) is 8.92. The van der Waals surface area contributed by atoms with Gasteiger partial charge in [-0.05, 0) is 29.7 Å². The van der Waals surface area contributed by atoms with Gasteiger partial charge in [0.2, 0.25) is 0 Å². The lowest BCUT2D eigenvalue weighted by Crippen LogP contribution is -2.35. The van der Waals surface area contributed by atoms with Crippen molar-refractivity contribution in [1.29, 1.82) is 0 Å². The number of hydrogen-bond acceptors (Lipinski definition) is 5. The number of hydrogen-bond donors (Lipinski definition) is 3. The lowest BCUT2D eigenvalue weighted by Gasteiger charge is -2.31. The lowest BCUT2D eigenvalue weighted by atomic mass is 9.84. The van der Waals surface area contributed by atoms with Crippen molar-refractivity contribution in [3.63, 3.8) is 0 Å². The Hall–Kier alpha value is -2.41. The van der Waals surface area contributed by atoms with Crippen LogP contribution in [0.4, 0.5) is 4.79 Å². The summed E-state index contributed by atoms with van der Waals surface area (Å²) in [6.07, 6.45) is -0.521. The first-order valence-electron chi connectivity index (χ1n) is 10.5. The van der Waals surface area contributed by atoms with Crippen LogP contribution in [0.5, 0.6) is 0 Å². The summed E-state index contributed by atoms with van der Waals surface area (Å²) in [5.74, 6) is 0. The number of carbonyl (C=O) groups is 1. The Morgan fingerprint density at radius 1 is 1.17 bits per heavy atom. The fraction of sp³-hybridized carbons (Fsp3) is 0.458. The molecule has 1 aliphatic carbocycles. The Bertz CT molecular complexity index is 835.